The number of nitrogens with two attached hydrogens (primary N) is 1. The van der Waals surface area contributed by atoms with Gasteiger partial charge >= 0.3 is 0 Å². The van der Waals surface area contributed by atoms with Crippen LogP contribution in [0.5, 0.6) is 0 Å². The lowest BCUT2D eigenvalue weighted by atomic mass is 10.2. The van der Waals surface area contributed by atoms with Gasteiger partial charge in [0.25, 0.3) is 0 Å². The fraction of sp³-hybridized carbons (Fsp3) is 0.500. The molecule has 1 aromatic heterocycles. The van der Waals surface area contributed by atoms with Crippen molar-refractivity contribution in [2.75, 3.05) is 18.1 Å². The first-order valence-electron chi connectivity index (χ1n) is 4.84. The summed E-state index contributed by atoms with van der Waals surface area (Å²) in [6, 6.07) is 3.57. The zero-order valence-corrected chi connectivity index (χ0v) is 9.55. The number of amides is 1. The van der Waals surface area contributed by atoms with E-state index in [9.17, 15) is 4.79 Å². The van der Waals surface area contributed by atoms with E-state index in [2.05, 4.69) is 5.32 Å². The lowest BCUT2D eigenvalue weighted by Gasteiger charge is -2.10. The molecule has 0 aliphatic rings. The van der Waals surface area contributed by atoms with E-state index >= 15 is 0 Å². The van der Waals surface area contributed by atoms with Crippen LogP contribution in [0.4, 0.5) is 0 Å². The predicted molar refractivity (Wildman–Crippen MR) is 61.6 cm³/mol. The van der Waals surface area contributed by atoms with Crippen molar-refractivity contribution in [3.05, 3.63) is 24.2 Å². The molecule has 84 valence electrons. The summed E-state index contributed by atoms with van der Waals surface area (Å²) in [7, 11) is 0. The van der Waals surface area contributed by atoms with Crippen LogP contribution in [0, 0.1) is 0 Å². The molecule has 0 aliphatic heterocycles. The summed E-state index contributed by atoms with van der Waals surface area (Å²) < 4.78 is 5.18. The molecule has 0 spiro atoms. The fourth-order valence-electron chi connectivity index (χ4n) is 1.14. The van der Waals surface area contributed by atoms with Crippen molar-refractivity contribution in [1.82, 2.24) is 5.32 Å². The SMILES string of the molecule is CC(NC(=O)CSCCN)c1ccco1. The molecule has 0 aliphatic carbocycles. The Morgan fingerprint density at radius 2 is 2.53 bits per heavy atom. The van der Waals surface area contributed by atoms with Crippen molar-refractivity contribution < 1.29 is 9.21 Å². The first-order chi connectivity index (χ1) is 7.24. The van der Waals surface area contributed by atoms with Gasteiger partial charge in [0.05, 0.1) is 18.1 Å². The van der Waals surface area contributed by atoms with Gasteiger partial charge in [-0.15, -0.1) is 0 Å². The molecule has 1 atom stereocenters. The highest BCUT2D eigenvalue weighted by atomic mass is 32.2. The molecule has 1 rings (SSSR count). The summed E-state index contributed by atoms with van der Waals surface area (Å²) in [5, 5.41) is 2.85. The molecule has 3 N–H and O–H groups in total. The molecular weight excluding hydrogens is 212 g/mol. The molecule has 5 heteroatoms. The van der Waals surface area contributed by atoms with Crippen molar-refractivity contribution in [2.45, 2.75) is 13.0 Å². The van der Waals surface area contributed by atoms with Crippen molar-refractivity contribution >= 4 is 17.7 Å². The van der Waals surface area contributed by atoms with Gasteiger partial charge in [-0.05, 0) is 19.1 Å². The molecule has 1 amide bonds. The summed E-state index contributed by atoms with van der Waals surface area (Å²) >= 11 is 1.53. The molecule has 0 radical (unpaired) electrons. The second-order valence-corrected chi connectivity index (χ2v) is 4.25. The van der Waals surface area contributed by atoms with Gasteiger partial charge in [-0.3, -0.25) is 4.79 Å². The van der Waals surface area contributed by atoms with Crippen LogP contribution < -0.4 is 11.1 Å². The Hall–Kier alpha value is -0.940. The van der Waals surface area contributed by atoms with E-state index < -0.39 is 0 Å². The standard InChI is InChI=1S/C10H16N2O2S/c1-8(9-3-2-5-14-9)12-10(13)7-15-6-4-11/h2-3,5,8H,4,6-7,11H2,1H3,(H,12,13). The average molecular weight is 228 g/mol. The second-order valence-electron chi connectivity index (χ2n) is 3.15. The Morgan fingerprint density at radius 1 is 1.73 bits per heavy atom. The van der Waals surface area contributed by atoms with Crippen molar-refractivity contribution in [3.8, 4) is 0 Å². The first-order valence-corrected chi connectivity index (χ1v) is 6.00. The maximum Gasteiger partial charge on any atom is 0.230 e. The number of furan rings is 1. The summed E-state index contributed by atoms with van der Waals surface area (Å²) in [4.78, 5) is 11.4. The Balaban J connectivity index is 2.26. The molecule has 4 nitrogen and oxygen atoms in total. The van der Waals surface area contributed by atoms with Gasteiger partial charge in [0.15, 0.2) is 0 Å². The maximum absolute atomic E-state index is 11.4. The molecule has 1 unspecified atom stereocenters. The molecule has 1 heterocycles. The molecule has 15 heavy (non-hydrogen) atoms. The van der Waals surface area contributed by atoms with Crippen LogP contribution in [0.2, 0.25) is 0 Å². The van der Waals surface area contributed by atoms with Gasteiger partial charge in [0.1, 0.15) is 5.76 Å². The fourth-order valence-corrected chi connectivity index (χ4v) is 1.72. The van der Waals surface area contributed by atoms with E-state index in [1.165, 1.54) is 11.8 Å². The Labute approximate surface area is 93.6 Å². The highest BCUT2D eigenvalue weighted by molar-refractivity contribution is 7.99. The highest BCUT2D eigenvalue weighted by Crippen LogP contribution is 2.12. The lowest BCUT2D eigenvalue weighted by Crippen LogP contribution is -2.28. The quantitative estimate of drug-likeness (QED) is 0.717. The van der Waals surface area contributed by atoms with E-state index in [0.717, 1.165) is 11.5 Å². The monoisotopic (exact) mass is 228 g/mol. The average Bonchev–Trinajstić information content (AvgIpc) is 2.70. The summed E-state index contributed by atoms with van der Waals surface area (Å²) in [5.41, 5.74) is 5.33. The van der Waals surface area contributed by atoms with Crippen molar-refractivity contribution in [3.63, 3.8) is 0 Å². The van der Waals surface area contributed by atoms with Crippen LogP contribution in [0.3, 0.4) is 0 Å². The summed E-state index contributed by atoms with van der Waals surface area (Å²) in [5.74, 6) is 2.04. The number of rotatable bonds is 6. The van der Waals surface area contributed by atoms with Gasteiger partial charge < -0.3 is 15.5 Å². The largest absolute Gasteiger partial charge is 0.467 e. The van der Waals surface area contributed by atoms with Gasteiger partial charge in [-0.2, -0.15) is 11.8 Å². The Kier molecular flexibility index (Phi) is 5.28. The van der Waals surface area contributed by atoms with Gasteiger partial charge in [0, 0.05) is 12.3 Å². The Morgan fingerprint density at radius 3 is 3.13 bits per heavy atom. The van der Waals surface area contributed by atoms with Crippen molar-refractivity contribution in [1.29, 1.82) is 0 Å². The third-order valence-corrected chi connectivity index (χ3v) is 2.83. The molecule has 0 fully saturated rings. The molecule has 1 aromatic rings. The molecule has 0 aromatic carbocycles. The van der Waals surface area contributed by atoms with Crippen LogP contribution >= 0.6 is 11.8 Å². The number of thioether (sulfide) groups is 1. The maximum atomic E-state index is 11.4. The predicted octanol–water partition coefficient (Wildman–Crippen LogP) is 1.15. The van der Waals surface area contributed by atoms with Crippen LogP contribution in [-0.4, -0.2) is 24.0 Å². The van der Waals surface area contributed by atoms with Gasteiger partial charge in [0.2, 0.25) is 5.91 Å². The highest BCUT2D eigenvalue weighted by Gasteiger charge is 2.10. The third-order valence-electron chi connectivity index (χ3n) is 1.84. The van der Waals surface area contributed by atoms with Crippen LogP contribution in [0.15, 0.2) is 22.8 Å². The summed E-state index contributed by atoms with van der Waals surface area (Å²) in [6.07, 6.45) is 1.60. The first kappa shape index (κ1) is 12.1. The lowest BCUT2D eigenvalue weighted by molar-refractivity contribution is -0.119. The minimum absolute atomic E-state index is 0.0114. The van der Waals surface area contributed by atoms with Crippen molar-refractivity contribution in [2.24, 2.45) is 5.73 Å². The van der Waals surface area contributed by atoms with E-state index in [4.69, 9.17) is 10.2 Å². The number of hydrogen-bond donors (Lipinski definition) is 2. The zero-order valence-electron chi connectivity index (χ0n) is 8.73. The number of carbonyl (C=O) groups is 1. The topological polar surface area (TPSA) is 68.3 Å². The molecule has 0 saturated carbocycles. The van der Waals surface area contributed by atoms with Crippen LogP contribution in [-0.2, 0) is 4.79 Å². The van der Waals surface area contributed by atoms with Crippen LogP contribution in [0.1, 0.15) is 18.7 Å². The smallest absolute Gasteiger partial charge is 0.230 e. The minimum Gasteiger partial charge on any atom is -0.467 e. The number of nitrogens with one attached hydrogen (secondary N) is 1. The zero-order chi connectivity index (χ0) is 11.1. The van der Waals surface area contributed by atoms with Gasteiger partial charge in [-0.25, -0.2) is 0 Å². The van der Waals surface area contributed by atoms with E-state index in [0.29, 0.717) is 12.3 Å². The normalized spacial score (nSPS) is 12.4. The molecule has 0 bridgehead atoms. The van der Waals surface area contributed by atoms with Crippen LogP contribution in [0.25, 0.3) is 0 Å². The van der Waals surface area contributed by atoms with E-state index in [1.54, 1.807) is 12.3 Å². The molecular formula is C10H16N2O2S. The third kappa shape index (κ3) is 4.40. The summed E-state index contributed by atoms with van der Waals surface area (Å²) in [6.45, 7) is 2.50. The number of hydrogen-bond acceptors (Lipinski definition) is 4. The van der Waals surface area contributed by atoms with Gasteiger partial charge in [-0.1, -0.05) is 0 Å². The van der Waals surface area contributed by atoms with E-state index in [-0.39, 0.29) is 11.9 Å². The second kappa shape index (κ2) is 6.53. The minimum atomic E-state index is -0.0778. The number of carbonyl (C=O) groups excluding carboxylic acids is 1. The van der Waals surface area contributed by atoms with E-state index in [1.807, 2.05) is 13.0 Å². The Bertz CT molecular complexity index is 288. The molecule has 0 saturated heterocycles.